The van der Waals surface area contributed by atoms with Crippen molar-refractivity contribution < 1.29 is 0 Å². The first-order valence-electron chi connectivity index (χ1n) is 3.59. The molecule has 0 aliphatic heterocycles. The number of nitrogens with one attached hydrogen (secondary N) is 1. The molecule has 0 saturated heterocycles. The minimum absolute atomic E-state index is 0.759. The smallest absolute Gasteiger partial charge is 0.0134 e. The molecule has 0 spiro atoms. The van der Waals surface area contributed by atoms with E-state index in [1.807, 2.05) is 6.92 Å². The normalized spacial score (nSPS) is 11.6. The summed E-state index contributed by atoms with van der Waals surface area (Å²) in [6.45, 7) is 8.58. The van der Waals surface area contributed by atoms with Crippen molar-refractivity contribution in [1.82, 2.24) is 5.32 Å². The topological polar surface area (TPSA) is 12.0 Å². The third-order valence-corrected chi connectivity index (χ3v) is 1.05. The lowest BCUT2D eigenvalue weighted by Crippen LogP contribution is -2.19. The van der Waals surface area contributed by atoms with Crippen LogP contribution in [0.15, 0.2) is 12.2 Å². The molecule has 54 valence electrons. The maximum Gasteiger partial charge on any atom is 0.0134 e. The highest BCUT2D eigenvalue weighted by molar-refractivity contribution is 4.79. The van der Waals surface area contributed by atoms with Crippen LogP contribution >= 0.6 is 0 Å². The zero-order valence-corrected chi connectivity index (χ0v) is 6.65. The molecule has 0 radical (unpaired) electrons. The van der Waals surface area contributed by atoms with Crippen LogP contribution in [-0.2, 0) is 0 Å². The minimum atomic E-state index is 0.759. The van der Waals surface area contributed by atoms with Gasteiger partial charge in [-0.3, -0.25) is 0 Å². The van der Waals surface area contributed by atoms with Gasteiger partial charge in [-0.2, -0.15) is 0 Å². The van der Waals surface area contributed by atoms with Crippen LogP contribution in [0, 0.1) is 5.92 Å². The van der Waals surface area contributed by atoms with E-state index in [1.54, 1.807) is 0 Å². The SMILES string of the molecule is C/C=C\CNCC(C)C. The Morgan fingerprint density at radius 1 is 1.44 bits per heavy atom. The fourth-order valence-corrected chi connectivity index (χ4v) is 0.573. The summed E-state index contributed by atoms with van der Waals surface area (Å²) < 4.78 is 0. The Labute approximate surface area is 58.2 Å². The molecule has 1 nitrogen and oxygen atoms in total. The molecule has 0 aliphatic rings. The molecule has 0 amide bonds. The van der Waals surface area contributed by atoms with Crippen LogP contribution in [0.1, 0.15) is 20.8 Å². The molecule has 0 fully saturated rings. The van der Waals surface area contributed by atoms with Gasteiger partial charge in [0.25, 0.3) is 0 Å². The standard InChI is InChI=1S/C8H17N/c1-4-5-6-9-7-8(2)3/h4-5,8-9H,6-7H2,1-3H3/b5-4-. The van der Waals surface area contributed by atoms with Crippen LogP contribution < -0.4 is 5.32 Å². The maximum absolute atomic E-state index is 3.30. The van der Waals surface area contributed by atoms with Crippen molar-refractivity contribution in [2.75, 3.05) is 13.1 Å². The molecule has 0 aromatic rings. The largest absolute Gasteiger partial charge is 0.313 e. The van der Waals surface area contributed by atoms with Gasteiger partial charge < -0.3 is 5.32 Å². The zero-order chi connectivity index (χ0) is 7.11. The van der Waals surface area contributed by atoms with Crippen molar-refractivity contribution in [1.29, 1.82) is 0 Å². The summed E-state index contributed by atoms with van der Waals surface area (Å²) in [7, 11) is 0. The van der Waals surface area contributed by atoms with Crippen LogP contribution in [0.5, 0.6) is 0 Å². The zero-order valence-electron chi connectivity index (χ0n) is 6.65. The molecule has 0 bridgehead atoms. The summed E-state index contributed by atoms with van der Waals surface area (Å²) in [5.41, 5.74) is 0. The molecule has 0 rings (SSSR count). The molecule has 0 aromatic heterocycles. The molecule has 0 aromatic carbocycles. The molecule has 0 unspecified atom stereocenters. The average Bonchev–Trinajstić information content (AvgIpc) is 1.80. The monoisotopic (exact) mass is 127 g/mol. The second-order valence-electron chi connectivity index (χ2n) is 2.62. The lowest BCUT2D eigenvalue weighted by atomic mass is 10.2. The summed E-state index contributed by atoms with van der Waals surface area (Å²) in [6, 6.07) is 0. The van der Waals surface area contributed by atoms with Gasteiger partial charge in [0.1, 0.15) is 0 Å². The molecule has 0 saturated carbocycles. The Bertz CT molecular complexity index is 74.6. The fourth-order valence-electron chi connectivity index (χ4n) is 0.573. The Hall–Kier alpha value is -0.300. The Kier molecular flexibility index (Phi) is 5.64. The predicted octanol–water partition coefficient (Wildman–Crippen LogP) is 1.81. The van der Waals surface area contributed by atoms with Gasteiger partial charge in [0, 0.05) is 6.54 Å². The third kappa shape index (κ3) is 7.70. The molecule has 0 heterocycles. The highest BCUT2D eigenvalue weighted by Gasteiger charge is 1.88. The highest BCUT2D eigenvalue weighted by atomic mass is 14.8. The van der Waals surface area contributed by atoms with Crippen LogP contribution in [0.2, 0.25) is 0 Å². The summed E-state index contributed by atoms with van der Waals surface area (Å²) >= 11 is 0. The summed E-state index contributed by atoms with van der Waals surface area (Å²) in [6.07, 6.45) is 4.19. The summed E-state index contributed by atoms with van der Waals surface area (Å²) in [4.78, 5) is 0. The van der Waals surface area contributed by atoms with E-state index in [-0.39, 0.29) is 0 Å². The first kappa shape index (κ1) is 8.70. The Morgan fingerprint density at radius 2 is 2.11 bits per heavy atom. The van der Waals surface area contributed by atoms with E-state index >= 15 is 0 Å². The summed E-state index contributed by atoms with van der Waals surface area (Å²) in [5, 5.41) is 3.30. The van der Waals surface area contributed by atoms with Gasteiger partial charge in [-0.05, 0) is 19.4 Å². The van der Waals surface area contributed by atoms with E-state index in [0.717, 1.165) is 19.0 Å². The fraction of sp³-hybridized carbons (Fsp3) is 0.750. The van der Waals surface area contributed by atoms with Crippen molar-refractivity contribution >= 4 is 0 Å². The van der Waals surface area contributed by atoms with Crippen LogP contribution in [-0.4, -0.2) is 13.1 Å². The number of rotatable bonds is 4. The first-order chi connectivity index (χ1) is 4.27. The van der Waals surface area contributed by atoms with Crippen LogP contribution in [0.4, 0.5) is 0 Å². The van der Waals surface area contributed by atoms with E-state index < -0.39 is 0 Å². The molecule has 1 heteroatoms. The number of allylic oxidation sites excluding steroid dienone is 1. The van der Waals surface area contributed by atoms with Crippen molar-refractivity contribution in [2.45, 2.75) is 20.8 Å². The van der Waals surface area contributed by atoms with Gasteiger partial charge in [-0.1, -0.05) is 26.0 Å². The van der Waals surface area contributed by atoms with Gasteiger partial charge in [-0.25, -0.2) is 0 Å². The third-order valence-electron chi connectivity index (χ3n) is 1.05. The van der Waals surface area contributed by atoms with Crippen molar-refractivity contribution in [3.05, 3.63) is 12.2 Å². The Morgan fingerprint density at radius 3 is 2.56 bits per heavy atom. The molecule has 0 atom stereocenters. The highest BCUT2D eigenvalue weighted by Crippen LogP contribution is 1.85. The van der Waals surface area contributed by atoms with E-state index in [0.29, 0.717) is 0 Å². The maximum atomic E-state index is 3.30. The van der Waals surface area contributed by atoms with Gasteiger partial charge >= 0.3 is 0 Å². The average molecular weight is 127 g/mol. The first-order valence-corrected chi connectivity index (χ1v) is 3.59. The van der Waals surface area contributed by atoms with E-state index in [9.17, 15) is 0 Å². The van der Waals surface area contributed by atoms with Crippen LogP contribution in [0.25, 0.3) is 0 Å². The molecule has 0 aliphatic carbocycles. The van der Waals surface area contributed by atoms with Gasteiger partial charge in [0.15, 0.2) is 0 Å². The number of hydrogen-bond acceptors (Lipinski definition) is 1. The van der Waals surface area contributed by atoms with E-state index in [2.05, 4.69) is 31.3 Å². The van der Waals surface area contributed by atoms with Gasteiger partial charge in [-0.15, -0.1) is 0 Å². The lowest BCUT2D eigenvalue weighted by molar-refractivity contribution is 0.577. The van der Waals surface area contributed by atoms with Gasteiger partial charge in [0.2, 0.25) is 0 Å². The number of hydrogen-bond donors (Lipinski definition) is 1. The molecular formula is C8H17N. The summed E-state index contributed by atoms with van der Waals surface area (Å²) in [5.74, 6) is 0.759. The molecule has 1 N–H and O–H groups in total. The quantitative estimate of drug-likeness (QED) is 0.448. The Balaban J connectivity index is 2.91. The predicted molar refractivity (Wildman–Crippen MR) is 42.5 cm³/mol. The van der Waals surface area contributed by atoms with E-state index in [1.165, 1.54) is 0 Å². The van der Waals surface area contributed by atoms with Crippen LogP contribution in [0.3, 0.4) is 0 Å². The molecule has 9 heavy (non-hydrogen) atoms. The minimum Gasteiger partial charge on any atom is -0.313 e. The van der Waals surface area contributed by atoms with Gasteiger partial charge in [0.05, 0.1) is 0 Å². The van der Waals surface area contributed by atoms with Crippen molar-refractivity contribution in [3.63, 3.8) is 0 Å². The van der Waals surface area contributed by atoms with Crippen molar-refractivity contribution in [3.8, 4) is 0 Å². The molecular weight excluding hydrogens is 110 g/mol. The second-order valence-corrected chi connectivity index (χ2v) is 2.62. The second kappa shape index (κ2) is 5.83. The van der Waals surface area contributed by atoms with E-state index in [4.69, 9.17) is 0 Å². The lowest BCUT2D eigenvalue weighted by Gasteiger charge is -2.02. The van der Waals surface area contributed by atoms with Crippen molar-refractivity contribution in [2.24, 2.45) is 5.92 Å².